The number of imidazole rings is 1. The number of esters is 1. The van der Waals surface area contributed by atoms with Gasteiger partial charge in [0.2, 0.25) is 0 Å². The van der Waals surface area contributed by atoms with E-state index >= 15 is 0 Å². The van der Waals surface area contributed by atoms with Gasteiger partial charge in [0.15, 0.2) is 5.69 Å². The summed E-state index contributed by atoms with van der Waals surface area (Å²) in [5.41, 5.74) is 3.14. The van der Waals surface area contributed by atoms with Crippen LogP contribution >= 0.6 is 0 Å². The van der Waals surface area contributed by atoms with E-state index in [1.54, 1.807) is 12.5 Å². The minimum atomic E-state index is -0.385. The van der Waals surface area contributed by atoms with Crippen molar-refractivity contribution in [2.75, 3.05) is 7.11 Å². The first-order valence-electron chi connectivity index (χ1n) is 5.96. The second-order valence-electron chi connectivity index (χ2n) is 4.53. The minimum absolute atomic E-state index is 0.355. The molecule has 2 aromatic rings. The summed E-state index contributed by atoms with van der Waals surface area (Å²) in [4.78, 5) is 15.4. The molecule has 1 heterocycles. The highest BCUT2D eigenvalue weighted by molar-refractivity contribution is 5.86. The van der Waals surface area contributed by atoms with Gasteiger partial charge in [-0.1, -0.05) is 24.3 Å². The number of benzene rings is 1. The summed E-state index contributed by atoms with van der Waals surface area (Å²) in [5, 5.41) is 0. The molecule has 0 atom stereocenters. The van der Waals surface area contributed by atoms with Crippen LogP contribution in [0.1, 0.15) is 27.7 Å². The van der Waals surface area contributed by atoms with Crippen LogP contribution in [-0.4, -0.2) is 22.6 Å². The molecule has 1 aliphatic carbocycles. The molecule has 0 fully saturated rings. The smallest absolute Gasteiger partial charge is 0.358 e. The van der Waals surface area contributed by atoms with Crippen molar-refractivity contribution in [3.05, 3.63) is 53.6 Å². The van der Waals surface area contributed by atoms with Crippen molar-refractivity contribution in [3.63, 3.8) is 0 Å². The molecule has 0 N–H and O–H groups in total. The number of ether oxygens (including phenoxy) is 1. The Balaban J connectivity index is 1.82. The lowest BCUT2D eigenvalue weighted by molar-refractivity contribution is 0.0594. The molecule has 1 aromatic carbocycles. The number of hydrogen-bond donors (Lipinski definition) is 0. The quantitative estimate of drug-likeness (QED) is 0.757. The fourth-order valence-corrected chi connectivity index (χ4v) is 2.49. The van der Waals surface area contributed by atoms with Crippen LogP contribution in [0.2, 0.25) is 0 Å². The number of rotatable bonds is 2. The monoisotopic (exact) mass is 242 g/mol. The molecule has 1 aliphatic rings. The highest BCUT2D eigenvalue weighted by atomic mass is 16.5. The van der Waals surface area contributed by atoms with E-state index in [4.69, 9.17) is 0 Å². The predicted molar refractivity (Wildman–Crippen MR) is 66.5 cm³/mol. The minimum Gasteiger partial charge on any atom is -0.464 e. The lowest BCUT2D eigenvalue weighted by atomic mass is 10.1. The zero-order valence-electron chi connectivity index (χ0n) is 10.2. The molecular weight excluding hydrogens is 228 g/mol. The van der Waals surface area contributed by atoms with Gasteiger partial charge in [-0.15, -0.1) is 0 Å². The number of carbonyl (C=O) groups excluding carboxylic acids is 1. The SMILES string of the molecule is COC(=O)c1cn(C2Cc3ccccc3C2)cn1. The maximum atomic E-state index is 11.4. The zero-order valence-corrected chi connectivity index (χ0v) is 10.2. The Labute approximate surface area is 105 Å². The Morgan fingerprint density at radius 1 is 1.33 bits per heavy atom. The number of fused-ring (bicyclic) bond motifs is 1. The Kier molecular flexibility index (Phi) is 2.63. The maximum Gasteiger partial charge on any atom is 0.358 e. The molecule has 0 unspecified atom stereocenters. The fraction of sp³-hybridized carbons (Fsp3) is 0.286. The van der Waals surface area contributed by atoms with Crippen molar-refractivity contribution in [3.8, 4) is 0 Å². The summed E-state index contributed by atoms with van der Waals surface area (Å²) in [6.45, 7) is 0. The van der Waals surface area contributed by atoms with Gasteiger partial charge in [0.25, 0.3) is 0 Å². The lowest BCUT2D eigenvalue weighted by Crippen LogP contribution is -2.07. The van der Waals surface area contributed by atoms with Gasteiger partial charge in [0.05, 0.1) is 13.4 Å². The second kappa shape index (κ2) is 4.29. The van der Waals surface area contributed by atoms with Crippen molar-refractivity contribution in [1.29, 1.82) is 0 Å². The summed E-state index contributed by atoms with van der Waals surface area (Å²) in [7, 11) is 1.37. The van der Waals surface area contributed by atoms with Crippen LogP contribution < -0.4 is 0 Å². The van der Waals surface area contributed by atoms with Crippen LogP contribution in [0.5, 0.6) is 0 Å². The first-order chi connectivity index (χ1) is 8.78. The molecule has 0 radical (unpaired) electrons. The predicted octanol–water partition coefficient (Wildman–Crippen LogP) is 2.01. The third-order valence-electron chi connectivity index (χ3n) is 3.45. The summed E-state index contributed by atoms with van der Waals surface area (Å²) in [6.07, 6.45) is 5.46. The number of methoxy groups -OCH3 is 1. The number of nitrogens with zero attached hydrogens (tertiary/aromatic N) is 2. The Morgan fingerprint density at radius 2 is 2.00 bits per heavy atom. The van der Waals surface area contributed by atoms with E-state index in [-0.39, 0.29) is 5.97 Å². The first-order valence-corrected chi connectivity index (χ1v) is 5.96. The van der Waals surface area contributed by atoms with Crippen molar-refractivity contribution >= 4 is 5.97 Å². The molecule has 0 aliphatic heterocycles. The second-order valence-corrected chi connectivity index (χ2v) is 4.53. The molecular formula is C14H14N2O2. The molecule has 0 saturated carbocycles. The van der Waals surface area contributed by atoms with Crippen LogP contribution in [0.3, 0.4) is 0 Å². The van der Waals surface area contributed by atoms with Crippen molar-refractivity contribution in [2.45, 2.75) is 18.9 Å². The van der Waals surface area contributed by atoms with Crippen molar-refractivity contribution in [1.82, 2.24) is 9.55 Å². The van der Waals surface area contributed by atoms with Gasteiger partial charge in [-0.25, -0.2) is 9.78 Å². The number of aromatic nitrogens is 2. The van der Waals surface area contributed by atoms with Crippen molar-refractivity contribution in [2.24, 2.45) is 0 Å². The number of carbonyl (C=O) groups is 1. The van der Waals surface area contributed by atoms with Gasteiger partial charge in [-0.05, 0) is 24.0 Å². The molecule has 0 spiro atoms. The molecule has 18 heavy (non-hydrogen) atoms. The van der Waals surface area contributed by atoms with Gasteiger partial charge < -0.3 is 9.30 Å². The third kappa shape index (κ3) is 1.79. The lowest BCUT2D eigenvalue weighted by Gasteiger charge is -2.09. The topological polar surface area (TPSA) is 44.1 Å². The van der Waals surface area contributed by atoms with E-state index in [2.05, 4.69) is 34.0 Å². The average molecular weight is 242 g/mol. The summed E-state index contributed by atoms with van der Waals surface area (Å²) in [5.74, 6) is -0.385. The van der Waals surface area contributed by atoms with Crippen LogP contribution in [0.25, 0.3) is 0 Å². The van der Waals surface area contributed by atoms with Crippen molar-refractivity contribution < 1.29 is 9.53 Å². The molecule has 3 rings (SSSR count). The molecule has 4 nitrogen and oxygen atoms in total. The molecule has 0 bridgehead atoms. The fourth-order valence-electron chi connectivity index (χ4n) is 2.49. The van der Waals surface area contributed by atoms with Gasteiger partial charge in [0.1, 0.15) is 0 Å². The average Bonchev–Trinajstić information content (AvgIpc) is 3.03. The highest BCUT2D eigenvalue weighted by Gasteiger charge is 2.23. The van der Waals surface area contributed by atoms with E-state index in [9.17, 15) is 4.79 Å². The van der Waals surface area contributed by atoms with Gasteiger partial charge >= 0.3 is 5.97 Å². The molecule has 4 heteroatoms. The third-order valence-corrected chi connectivity index (χ3v) is 3.45. The molecule has 0 saturated heterocycles. The van der Waals surface area contributed by atoms with E-state index in [1.807, 2.05) is 4.57 Å². The first kappa shape index (κ1) is 11.0. The highest BCUT2D eigenvalue weighted by Crippen LogP contribution is 2.29. The van der Waals surface area contributed by atoms with Gasteiger partial charge in [-0.3, -0.25) is 0 Å². The maximum absolute atomic E-state index is 11.4. The van der Waals surface area contributed by atoms with Crippen LogP contribution in [0.4, 0.5) is 0 Å². The van der Waals surface area contributed by atoms with Gasteiger partial charge in [-0.2, -0.15) is 0 Å². The van der Waals surface area contributed by atoms with Gasteiger partial charge in [0, 0.05) is 12.2 Å². The number of hydrogen-bond acceptors (Lipinski definition) is 3. The standard InChI is InChI=1S/C14H14N2O2/c1-18-14(17)13-8-16(9-15-13)12-6-10-4-2-3-5-11(10)7-12/h2-5,8-9,12H,6-7H2,1H3. The Bertz CT molecular complexity index is 564. The summed E-state index contributed by atoms with van der Waals surface area (Å²) in [6, 6.07) is 8.80. The zero-order chi connectivity index (χ0) is 12.5. The van der Waals surface area contributed by atoms with Crippen LogP contribution in [-0.2, 0) is 17.6 Å². The molecule has 0 amide bonds. The summed E-state index contributed by atoms with van der Waals surface area (Å²) < 4.78 is 6.67. The normalized spacial score (nSPS) is 14.5. The van der Waals surface area contributed by atoms with E-state index < -0.39 is 0 Å². The Hall–Kier alpha value is -2.10. The van der Waals surface area contributed by atoms with Crippen LogP contribution in [0.15, 0.2) is 36.8 Å². The largest absolute Gasteiger partial charge is 0.464 e. The summed E-state index contributed by atoms with van der Waals surface area (Å²) >= 11 is 0. The van der Waals surface area contributed by atoms with E-state index in [1.165, 1.54) is 18.2 Å². The molecule has 1 aromatic heterocycles. The Morgan fingerprint density at radius 3 is 2.61 bits per heavy atom. The molecule has 92 valence electrons. The van der Waals surface area contributed by atoms with E-state index in [0.29, 0.717) is 11.7 Å². The van der Waals surface area contributed by atoms with Crippen LogP contribution in [0, 0.1) is 0 Å². The van der Waals surface area contributed by atoms with E-state index in [0.717, 1.165) is 12.8 Å².